The number of hydrogen-bond donors (Lipinski definition) is 1. The Morgan fingerprint density at radius 2 is 1.67 bits per heavy atom. The molecular weight excluding hydrogens is 220 g/mol. The molecular formula is C16H24N2. The van der Waals surface area contributed by atoms with E-state index in [-0.39, 0.29) is 5.41 Å². The van der Waals surface area contributed by atoms with E-state index in [0.717, 1.165) is 6.54 Å². The monoisotopic (exact) mass is 244 g/mol. The fourth-order valence-corrected chi connectivity index (χ4v) is 3.79. The molecule has 1 saturated carbocycles. The van der Waals surface area contributed by atoms with Gasteiger partial charge in [-0.3, -0.25) is 0 Å². The van der Waals surface area contributed by atoms with E-state index in [0.29, 0.717) is 0 Å². The van der Waals surface area contributed by atoms with E-state index >= 15 is 0 Å². The molecule has 1 aromatic carbocycles. The second kappa shape index (κ2) is 4.93. The van der Waals surface area contributed by atoms with Crippen molar-refractivity contribution in [2.45, 2.75) is 43.9 Å². The van der Waals surface area contributed by atoms with E-state index < -0.39 is 0 Å². The zero-order chi connectivity index (χ0) is 12.4. The van der Waals surface area contributed by atoms with Crippen LogP contribution in [-0.4, -0.2) is 19.6 Å². The van der Waals surface area contributed by atoms with Gasteiger partial charge in [-0.15, -0.1) is 0 Å². The molecule has 2 aliphatic rings. The minimum atomic E-state index is 0.263. The first-order valence-corrected chi connectivity index (χ1v) is 7.40. The molecule has 0 unspecified atom stereocenters. The summed E-state index contributed by atoms with van der Waals surface area (Å²) in [7, 11) is 0. The highest BCUT2D eigenvalue weighted by Gasteiger charge is 2.36. The van der Waals surface area contributed by atoms with E-state index in [2.05, 4.69) is 29.2 Å². The molecule has 0 bridgehead atoms. The molecule has 3 rings (SSSR count). The molecule has 0 amide bonds. The van der Waals surface area contributed by atoms with Crippen LogP contribution in [0, 0.1) is 0 Å². The molecule has 1 aliphatic carbocycles. The van der Waals surface area contributed by atoms with Crippen LogP contribution in [0.5, 0.6) is 0 Å². The van der Waals surface area contributed by atoms with E-state index in [9.17, 15) is 0 Å². The smallest absolute Gasteiger partial charge is 0.0404 e. The van der Waals surface area contributed by atoms with Gasteiger partial charge in [0.15, 0.2) is 0 Å². The molecule has 1 aliphatic heterocycles. The van der Waals surface area contributed by atoms with Crippen molar-refractivity contribution in [3.8, 4) is 0 Å². The van der Waals surface area contributed by atoms with Gasteiger partial charge in [-0.25, -0.2) is 0 Å². The Labute approximate surface area is 110 Å². The number of rotatable bonds is 3. The molecule has 0 spiro atoms. The highest BCUT2D eigenvalue weighted by molar-refractivity contribution is 5.58. The molecule has 0 atom stereocenters. The van der Waals surface area contributed by atoms with Crippen molar-refractivity contribution in [3.63, 3.8) is 0 Å². The van der Waals surface area contributed by atoms with E-state index in [4.69, 9.17) is 5.73 Å². The Balaban J connectivity index is 1.99. The van der Waals surface area contributed by atoms with E-state index in [1.807, 2.05) is 0 Å². The number of para-hydroxylation sites is 1. The van der Waals surface area contributed by atoms with E-state index in [1.165, 1.54) is 62.9 Å². The van der Waals surface area contributed by atoms with Gasteiger partial charge >= 0.3 is 0 Å². The third-order valence-electron chi connectivity index (χ3n) is 4.87. The molecule has 2 N–H and O–H groups in total. The van der Waals surface area contributed by atoms with Gasteiger partial charge in [-0.05, 0) is 37.3 Å². The van der Waals surface area contributed by atoms with Crippen molar-refractivity contribution in [2.24, 2.45) is 5.73 Å². The highest BCUT2D eigenvalue weighted by Crippen LogP contribution is 2.44. The summed E-state index contributed by atoms with van der Waals surface area (Å²) in [6.45, 7) is 3.24. The number of nitrogens with zero attached hydrogens (tertiary/aromatic N) is 1. The topological polar surface area (TPSA) is 29.3 Å². The molecule has 1 aromatic rings. The maximum atomic E-state index is 6.15. The van der Waals surface area contributed by atoms with Crippen molar-refractivity contribution >= 4 is 5.69 Å². The van der Waals surface area contributed by atoms with Crippen LogP contribution in [0.2, 0.25) is 0 Å². The Hall–Kier alpha value is -1.02. The summed E-state index contributed by atoms with van der Waals surface area (Å²) in [4.78, 5) is 2.56. The molecule has 98 valence electrons. The summed E-state index contributed by atoms with van der Waals surface area (Å²) in [5, 5.41) is 0. The first kappa shape index (κ1) is 12.0. The van der Waals surface area contributed by atoms with Crippen molar-refractivity contribution in [1.82, 2.24) is 0 Å². The van der Waals surface area contributed by atoms with Gasteiger partial charge in [-0.2, -0.15) is 0 Å². The average molecular weight is 244 g/mol. The van der Waals surface area contributed by atoms with Crippen LogP contribution in [0.4, 0.5) is 5.69 Å². The first-order valence-electron chi connectivity index (χ1n) is 7.40. The van der Waals surface area contributed by atoms with Gasteiger partial charge in [0.25, 0.3) is 0 Å². The number of nitrogens with two attached hydrogens (primary N) is 1. The van der Waals surface area contributed by atoms with Gasteiger partial charge in [-0.1, -0.05) is 31.0 Å². The maximum Gasteiger partial charge on any atom is 0.0404 e. The maximum absolute atomic E-state index is 6.15. The Morgan fingerprint density at radius 1 is 1.00 bits per heavy atom. The zero-order valence-corrected chi connectivity index (χ0v) is 11.2. The lowest BCUT2D eigenvalue weighted by atomic mass is 9.78. The van der Waals surface area contributed by atoms with Crippen LogP contribution in [0.3, 0.4) is 0 Å². The summed E-state index contributed by atoms with van der Waals surface area (Å²) >= 11 is 0. The third kappa shape index (κ3) is 1.93. The van der Waals surface area contributed by atoms with Gasteiger partial charge < -0.3 is 10.6 Å². The molecule has 1 saturated heterocycles. The molecule has 2 nitrogen and oxygen atoms in total. The van der Waals surface area contributed by atoms with Crippen molar-refractivity contribution < 1.29 is 0 Å². The van der Waals surface area contributed by atoms with Gasteiger partial charge in [0.1, 0.15) is 0 Å². The largest absolute Gasteiger partial charge is 0.371 e. The van der Waals surface area contributed by atoms with E-state index in [1.54, 1.807) is 0 Å². The van der Waals surface area contributed by atoms with Crippen molar-refractivity contribution in [2.75, 3.05) is 24.5 Å². The quantitative estimate of drug-likeness (QED) is 0.885. The third-order valence-corrected chi connectivity index (χ3v) is 4.87. The van der Waals surface area contributed by atoms with Gasteiger partial charge in [0, 0.05) is 30.7 Å². The normalized spacial score (nSPS) is 22.6. The number of anilines is 1. The second-order valence-electron chi connectivity index (χ2n) is 5.90. The predicted molar refractivity (Wildman–Crippen MR) is 77.1 cm³/mol. The second-order valence-corrected chi connectivity index (χ2v) is 5.90. The van der Waals surface area contributed by atoms with Crippen LogP contribution in [-0.2, 0) is 5.41 Å². The summed E-state index contributed by atoms with van der Waals surface area (Å²) in [6.07, 6.45) is 7.90. The predicted octanol–water partition coefficient (Wildman–Crippen LogP) is 3.06. The molecule has 0 aromatic heterocycles. The first-order chi connectivity index (χ1) is 8.86. The van der Waals surface area contributed by atoms with Gasteiger partial charge in [0.2, 0.25) is 0 Å². The van der Waals surface area contributed by atoms with Crippen molar-refractivity contribution in [1.29, 1.82) is 0 Å². The summed E-state index contributed by atoms with van der Waals surface area (Å²) < 4.78 is 0. The SMILES string of the molecule is NCC1(c2ccccc2N2CCCC2)CCCC1. The molecule has 18 heavy (non-hydrogen) atoms. The van der Waals surface area contributed by atoms with Gasteiger partial charge in [0.05, 0.1) is 0 Å². The standard InChI is InChI=1S/C16H24N2/c17-13-16(9-3-4-10-16)14-7-1-2-8-15(14)18-11-5-6-12-18/h1-2,7-8H,3-6,9-13,17H2. The Bertz CT molecular complexity index is 401. The molecule has 0 radical (unpaired) electrons. The Kier molecular flexibility index (Phi) is 3.29. The average Bonchev–Trinajstić information content (AvgIpc) is 3.11. The fourth-order valence-electron chi connectivity index (χ4n) is 3.79. The Morgan fingerprint density at radius 3 is 2.33 bits per heavy atom. The lowest BCUT2D eigenvalue weighted by molar-refractivity contribution is 0.453. The van der Waals surface area contributed by atoms with Crippen LogP contribution in [0.25, 0.3) is 0 Å². The molecule has 2 fully saturated rings. The summed E-state index contributed by atoms with van der Waals surface area (Å²) in [5.74, 6) is 0. The minimum absolute atomic E-state index is 0.263. The minimum Gasteiger partial charge on any atom is -0.371 e. The lowest BCUT2D eigenvalue weighted by Gasteiger charge is -2.33. The van der Waals surface area contributed by atoms with Crippen LogP contribution < -0.4 is 10.6 Å². The lowest BCUT2D eigenvalue weighted by Crippen LogP contribution is -2.34. The zero-order valence-electron chi connectivity index (χ0n) is 11.2. The molecule has 1 heterocycles. The van der Waals surface area contributed by atoms with Crippen molar-refractivity contribution in [3.05, 3.63) is 29.8 Å². The van der Waals surface area contributed by atoms with Crippen LogP contribution in [0.15, 0.2) is 24.3 Å². The summed E-state index contributed by atoms with van der Waals surface area (Å²) in [6, 6.07) is 8.99. The van der Waals surface area contributed by atoms with Crippen LogP contribution >= 0.6 is 0 Å². The fraction of sp³-hybridized carbons (Fsp3) is 0.625. The van der Waals surface area contributed by atoms with Crippen LogP contribution in [0.1, 0.15) is 44.1 Å². The highest BCUT2D eigenvalue weighted by atomic mass is 15.1. The number of benzene rings is 1. The molecule has 2 heteroatoms. The summed E-state index contributed by atoms with van der Waals surface area (Å²) in [5.41, 5.74) is 9.39. The number of hydrogen-bond acceptors (Lipinski definition) is 2.